The third-order valence-electron chi connectivity index (χ3n) is 9.62. The summed E-state index contributed by atoms with van der Waals surface area (Å²) in [5.41, 5.74) is -1.13. The molecule has 1 amide bonds. The molecule has 59 heavy (non-hydrogen) atoms. The Balaban J connectivity index is 1.08. The highest BCUT2D eigenvalue weighted by Gasteiger charge is 2.29. The van der Waals surface area contributed by atoms with E-state index in [1.807, 2.05) is 4.72 Å². The number of sulfonamides is 1. The lowest BCUT2D eigenvalue weighted by Gasteiger charge is -2.25. The summed E-state index contributed by atoms with van der Waals surface area (Å²) in [6.07, 6.45) is 10.4. The quantitative estimate of drug-likeness (QED) is 0.138. The lowest BCUT2D eigenvalue weighted by molar-refractivity contribution is -0.152. The maximum absolute atomic E-state index is 15.5. The number of hydrogen-bond acceptors (Lipinski definition) is 12. The lowest BCUT2D eigenvalue weighted by Crippen LogP contribution is -2.45. The maximum atomic E-state index is 15.5. The summed E-state index contributed by atoms with van der Waals surface area (Å²) in [5.74, 6) is -4.09. The molecule has 0 unspecified atom stereocenters. The molecule has 1 saturated carbocycles. The number of carbonyl (C=O) groups excluding carboxylic acids is 2. The Morgan fingerprint density at radius 3 is 2.36 bits per heavy atom. The largest absolute Gasteiger partial charge is 0.461 e. The molecule has 4 heterocycles. The van der Waals surface area contributed by atoms with Crippen LogP contribution in [-0.4, -0.2) is 69.0 Å². The van der Waals surface area contributed by atoms with E-state index in [2.05, 4.69) is 30.2 Å². The molecule has 7 rings (SSSR count). The number of hydrogen-bond donors (Lipinski definition) is 3. The standard InChI is InChI=1S/C40H36F2N8O8S/c1-57-22-35-44-19-25(20-45-35)24-8-10-27(11-9-24)59(55,56)49-32-17-30(41)29(16-31(32)42)37(51)47-33(39(53)58-26-5-3-2-4-6-26)15-23-7-12-36(46-18-23)50-38(52)28-13-14-43-21-34(28)48-40(50)54/h7-14,16-21,26,33,49H,2-6,15,22H2,1H3,(H,47,51)(H,48,54)/t33-/m0/s1. The number of carbonyl (C=O) groups is 2. The number of pyridine rings is 2. The molecule has 1 aliphatic rings. The first kappa shape index (κ1) is 40.5. The van der Waals surface area contributed by atoms with Crippen molar-refractivity contribution in [2.75, 3.05) is 11.8 Å². The molecule has 0 saturated heterocycles. The molecule has 3 N–H and O–H groups in total. The summed E-state index contributed by atoms with van der Waals surface area (Å²) < 4.78 is 70.9. The molecule has 0 aliphatic heterocycles. The second kappa shape index (κ2) is 17.4. The number of methoxy groups -OCH3 is 1. The fraction of sp³-hybridized carbons (Fsp3) is 0.250. The summed E-state index contributed by atoms with van der Waals surface area (Å²) in [4.78, 5) is 71.7. The van der Waals surface area contributed by atoms with Gasteiger partial charge in [-0.3, -0.25) is 19.3 Å². The molecule has 304 valence electrons. The van der Waals surface area contributed by atoms with Crippen LogP contribution in [0.4, 0.5) is 14.5 Å². The lowest BCUT2D eigenvalue weighted by atomic mass is 9.97. The number of halogens is 2. The van der Waals surface area contributed by atoms with E-state index in [-0.39, 0.29) is 34.6 Å². The number of fused-ring (bicyclic) bond motifs is 1. The molecule has 4 aromatic heterocycles. The number of aromatic amines is 1. The Morgan fingerprint density at radius 2 is 1.66 bits per heavy atom. The van der Waals surface area contributed by atoms with Crippen LogP contribution in [0.1, 0.15) is 53.8 Å². The van der Waals surface area contributed by atoms with E-state index in [1.165, 1.54) is 68.2 Å². The summed E-state index contributed by atoms with van der Waals surface area (Å²) in [7, 11) is -2.91. The Kier molecular flexibility index (Phi) is 11.9. The van der Waals surface area contributed by atoms with Gasteiger partial charge in [0.1, 0.15) is 36.2 Å². The minimum absolute atomic E-state index is 0.0197. The number of ether oxygens (including phenoxy) is 2. The molecule has 16 nitrogen and oxygen atoms in total. The van der Waals surface area contributed by atoms with Gasteiger partial charge in [-0.2, -0.15) is 0 Å². The van der Waals surface area contributed by atoms with Crippen molar-refractivity contribution in [2.45, 2.75) is 62.2 Å². The minimum Gasteiger partial charge on any atom is -0.461 e. The predicted molar refractivity (Wildman–Crippen MR) is 209 cm³/mol. The average molecular weight is 827 g/mol. The molecule has 6 aromatic rings. The van der Waals surface area contributed by atoms with E-state index in [0.717, 1.165) is 23.8 Å². The zero-order valence-corrected chi connectivity index (χ0v) is 32.2. The first-order chi connectivity index (χ1) is 28.4. The van der Waals surface area contributed by atoms with E-state index in [1.54, 1.807) is 12.4 Å². The van der Waals surface area contributed by atoms with Gasteiger partial charge in [-0.15, -0.1) is 0 Å². The van der Waals surface area contributed by atoms with Crippen molar-refractivity contribution in [3.63, 3.8) is 0 Å². The number of benzene rings is 2. The van der Waals surface area contributed by atoms with E-state index >= 15 is 8.78 Å². The molecule has 0 bridgehead atoms. The van der Waals surface area contributed by atoms with Gasteiger partial charge in [0.2, 0.25) is 0 Å². The first-order valence-corrected chi connectivity index (χ1v) is 19.9. The van der Waals surface area contributed by atoms with Crippen LogP contribution in [-0.2, 0) is 37.3 Å². The Morgan fingerprint density at radius 1 is 0.915 bits per heavy atom. The van der Waals surface area contributed by atoms with Crippen LogP contribution in [0.15, 0.2) is 100 Å². The van der Waals surface area contributed by atoms with Crippen LogP contribution in [0.25, 0.3) is 27.8 Å². The number of anilines is 1. The van der Waals surface area contributed by atoms with Gasteiger partial charge in [-0.1, -0.05) is 24.6 Å². The smallest absolute Gasteiger partial charge is 0.334 e. The minimum atomic E-state index is -4.43. The summed E-state index contributed by atoms with van der Waals surface area (Å²) >= 11 is 0. The van der Waals surface area contributed by atoms with Gasteiger partial charge in [0.05, 0.1) is 33.2 Å². The third kappa shape index (κ3) is 9.21. The Hall–Kier alpha value is -6.73. The Labute approximate surface area is 334 Å². The van der Waals surface area contributed by atoms with Crippen molar-refractivity contribution in [1.29, 1.82) is 0 Å². The molecule has 19 heteroatoms. The van der Waals surface area contributed by atoms with Gasteiger partial charge in [-0.25, -0.2) is 46.3 Å². The highest BCUT2D eigenvalue weighted by Crippen LogP contribution is 2.26. The molecule has 1 atom stereocenters. The van der Waals surface area contributed by atoms with Gasteiger partial charge in [0, 0.05) is 49.9 Å². The van der Waals surface area contributed by atoms with Gasteiger partial charge < -0.3 is 19.8 Å². The number of rotatable bonds is 13. The number of amides is 1. The summed E-state index contributed by atoms with van der Waals surface area (Å²) in [6.45, 7) is 0.221. The van der Waals surface area contributed by atoms with Gasteiger partial charge in [-0.05, 0) is 67.1 Å². The second-order valence-corrected chi connectivity index (χ2v) is 15.4. The van der Waals surface area contributed by atoms with Crippen LogP contribution < -0.4 is 21.3 Å². The zero-order valence-electron chi connectivity index (χ0n) is 31.4. The van der Waals surface area contributed by atoms with Crippen molar-refractivity contribution in [3.8, 4) is 16.9 Å². The van der Waals surface area contributed by atoms with Crippen LogP contribution in [0.5, 0.6) is 0 Å². The van der Waals surface area contributed by atoms with E-state index in [0.29, 0.717) is 47.5 Å². The normalized spacial score (nSPS) is 13.8. The monoisotopic (exact) mass is 826 g/mol. The number of nitrogens with zero attached hydrogens (tertiary/aromatic N) is 5. The van der Waals surface area contributed by atoms with Crippen molar-refractivity contribution in [3.05, 3.63) is 135 Å². The van der Waals surface area contributed by atoms with Crippen molar-refractivity contribution in [2.24, 2.45) is 0 Å². The van der Waals surface area contributed by atoms with Gasteiger partial charge >= 0.3 is 11.7 Å². The van der Waals surface area contributed by atoms with Crippen LogP contribution in [0, 0.1) is 11.6 Å². The van der Waals surface area contributed by atoms with E-state index in [9.17, 15) is 27.6 Å². The number of aromatic nitrogens is 6. The molecule has 0 spiro atoms. The van der Waals surface area contributed by atoms with Crippen molar-refractivity contribution >= 4 is 38.5 Å². The van der Waals surface area contributed by atoms with Crippen molar-refractivity contribution < 1.29 is 36.3 Å². The van der Waals surface area contributed by atoms with Crippen molar-refractivity contribution in [1.82, 2.24) is 34.8 Å². The summed E-state index contributed by atoms with van der Waals surface area (Å²) in [6, 6.07) is 9.50. The average Bonchev–Trinajstić information content (AvgIpc) is 3.23. The zero-order chi connectivity index (χ0) is 41.7. The number of H-pyrrole nitrogens is 1. The van der Waals surface area contributed by atoms with Gasteiger partial charge in [0.25, 0.3) is 21.5 Å². The van der Waals surface area contributed by atoms with E-state index < -0.39 is 68.2 Å². The Bertz CT molecular complexity index is 2740. The molecule has 1 aliphatic carbocycles. The number of nitrogens with one attached hydrogen (secondary N) is 3. The highest BCUT2D eigenvalue weighted by molar-refractivity contribution is 7.92. The fourth-order valence-corrected chi connectivity index (χ4v) is 7.63. The topological polar surface area (TPSA) is 217 Å². The van der Waals surface area contributed by atoms with Crippen LogP contribution >= 0.6 is 0 Å². The molecular weight excluding hydrogens is 791 g/mol. The molecule has 2 aromatic carbocycles. The second-order valence-electron chi connectivity index (χ2n) is 13.7. The van der Waals surface area contributed by atoms with Crippen LogP contribution in [0.2, 0.25) is 0 Å². The van der Waals surface area contributed by atoms with Crippen LogP contribution in [0.3, 0.4) is 0 Å². The third-order valence-corrected chi connectivity index (χ3v) is 11.0. The first-order valence-electron chi connectivity index (χ1n) is 18.4. The number of esters is 1. The van der Waals surface area contributed by atoms with E-state index in [4.69, 9.17) is 9.47 Å². The predicted octanol–water partition coefficient (Wildman–Crippen LogP) is 4.37. The van der Waals surface area contributed by atoms with Gasteiger partial charge in [0.15, 0.2) is 5.82 Å². The molecular formula is C40H36F2N8O8S. The summed E-state index contributed by atoms with van der Waals surface area (Å²) in [5, 5.41) is 2.63. The fourth-order valence-electron chi connectivity index (χ4n) is 6.57. The highest BCUT2D eigenvalue weighted by atomic mass is 32.2. The maximum Gasteiger partial charge on any atom is 0.334 e. The molecule has 1 fully saturated rings. The SMILES string of the molecule is COCc1ncc(-c2ccc(S(=O)(=O)Nc3cc(F)c(C(=O)N[C@@H](Cc4ccc(-n5c(=O)[nH]c6cnccc6c5=O)nc4)C(=O)OC4CCCCC4)cc3F)cc2)cn1. The molecule has 0 radical (unpaired) electrons.